The van der Waals surface area contributed by atoms with Gasteiger partial charge >= 0.3 is 0 Å². The lowest BCUT2D eigenvalue weighted by molar-refractivity contribution is 0.624. The molecule has 4 aromatic rings. The molecular weight excluding hydrogens is 501 g/mol. The first kappa shape index (κ1) is 25.7. The molecule has 0 saturated carbocycles. The second-order valence-electron chi connectivity index (χ2n) is 7.95. The van der Waals surface area contributed by atoms with Crippen LogP contribution in [0.2, 0.25) is 0 Å². The Morgan fingerprint density at radius 3 is 1.51 bits per heavy atom. The van der Waals surface area contributed by atoms with Crippen molar-refractivity contribution in [2.45, 2.75) is 0 Å². The van der Waals surface area contributed by atoms with Gasteiger partial charge in [0.15, 0.2) is 5.69 Å². The molecule has 39 heavy (non-hydrogen) atoms. The largest absolute Gasteiger partial charge is 0.237 e. The summed E-state index contributed by atoms with van der Waals surface area (Å²) in [5.41, 5.74) is -2.22. The van der Waals surface area contributed by atoms with Crippen molar-refractivity contribution in [1.82, 2.24) is 0 Å². The SMILES string of the molecule is [C-]#[N+]c1ccc(F)c(C#N)c1-c1cc(-c2c(C#N)ccc(F)c2C#N)cc(-c2c(C#N)ccc(F)c2[N+]#[C-])c1. The summed E-state index contributed by atoms with van der Waals surface area (Å²) in [6.07, 6.45) is 0. The Bertz CT molecular complexity index is 1730. The fourth-order valence-electron chi connectivity index (χ4n) is 4.26. The van der Waals surface area contributed by atoms with Gasteiger partial charge in [-0.1, -0.05) is 6.07 Å². The fourth-order valence-corrected chi connectivity index (χ4v) is 4.26. The minimum Gasteiger partial charge on any atom is -0.237 e. The second kappa shape index (κ2) is 10.3. The molecule has 0 fully saturated rings. The second-order valence-corrected chi connectivity index (χ2v) is 7.95. The molecule has 0 aromatic heterocycles. The summed E-state index contributed by atoms with van der Waals surface area (Å²) < 4.78 is 44.1. The third-order valence-electron chi connectivity index (χ3n) is 5.91. The average Bonchev–Trinajstić information content (AvgIpc) is 2.96. The molecule has 0 spiro atoms. The zero-order chi connectivity index (χ0) is 28.3. The van der Waals surface area contributed by atoms with Crippen molar-refractivity contribution < 1.29 is 13.2 Å². The van der Waals surface area contributed by atoms with Crippen LogP contribution in [0.1, 0.15) is 22.3 Å². The molecule has 0 saturated heterocycles. The maximum Gasteiger partial charge on any atom is 0.231 e. The highest BCUT2D eigenvalue weighted by molar-refractivity contribution is 5.94. The van der Waals surface area contributed by atoms with E-state index in [1.807, 2.05) is 12.1 Å². The van der Waals surface area contributed by atoms with Crippen molar-refractivity contribution in [2.24, 2.45) is 0 Å². The lowest BCUT2D eigenvalue weighted by Gasteiger charge is -2.16. The maximum atomic E-state index is 14.7. The monoisotopic (exact) mass is 510 g/mol. The lowest BCUT2D eigenvalue weighted by atomic mass is 9.86. The van der Waals surface area contributed by atoms with Crippen molar-refractivity contribution in [2.75, 3.05) is 0 Å². The van der Waals surface area contributed by atoms with E-state index in [0.717, 1.165) is 36.4 Å². The third kappa shape index (κ3) is 4.27. The van der Waals surface area contributed by atoms with E-state index in [9.17, 15) is 34.2 Å². The van der Waals surface area contributed by atoms with Gasteiger partial charge in [-0.15, -0.1) is 0 Å². The Morgan fingerprint density at radius 1 is 0.538 bits per heavy atom. The van der Waals surface area contributed by atoms with Crippen molar-refractivity contribution in [3.05, 3.63) is 117 Å². The van der Waals surface area contributed by atoms with Gasteiger partial charge in [0.1, 0.15) is 29.6 Å². The molecule has 6 nitrogen and oxygen atoms in total. The molecule has 4 aromatic carbocycles. The summed E-state index contributed by atoms with van der Waals surface area (Å²) in [7, 11) is 0. The van der Waals surface area contributed by atoms with Gasteiger partial charge in [0.25, 0.3) is 0 Å². The number of nitrogens with zero attached hydrogens (tertiary/aromatic N) is 6. The summed E-state index contributed by atoms with van der Waals surface area (Å²) in [4.78, 5) is 6.59. The number of hydrogen-bond acceptors (Lipinski definition) is 4. The van der Waals surface area contributed by atoms with Crippen LogP contribution in [-0.4, -0.2) is 0 Å². The van der Waals surface area contributed by atoms with Crippen LogP contribution in [0.15, 0.2) is 54.6 Å². The van der Waals surface area contributed by atoms with Gasteiger partial charge in [0.2, 0.25) is 5.69 Å². The van der Waals surface area contributed by atoms with E-state index in [1.165, 1.54) is 18.2 Å². The summed E-state index contributed by atoms with van der Waals surface area (Å²) in [5, 5.41) is 38.8. The fraction of sp³-hybridized carbons (Fsp3) is 0. The molecule has 9 heteroatoms. The van der Waals surface area contributed by atoms with Crippen LogP contribution in [0, 0.1) is 75.9 Å². The predicted molar refractivity (Wildman–Crippen MR) is 134 cm³/mol. The molecule has 0 atom stereocenters. The highest BCUT2D eigenvalue weighted by Gasteiger charge is 2.23. The zero-order valence-corrected chi connectivity index (χ0v) is 19.5. The van der Waals surface area contributed by atoms with Crippen LogP contribution < -0.4 is 0 Å². The van der Waals surface area contributed by atoms with Gasteiger partial charge < -0.3 is 0 Å². The third-order valence-corrected chi connectivity index (χ3v) is 5.91. The summed E-state index contributed by atoms with van der Waals surface area (Å²) in [5.74, 6) is -2.80. The van der Waals surface area contributed by atoms with E-state index < -0.39 is 34.3 Å². The topological polar surface area (TPSA) is 104 Å². The zero-order valence-electron chi connectivity index (χ0n) is 19.5. The molecule has 0 unspecified atom stereocenters. The molecule has 0 amide bonds. The average molecular weight is 510 g/mol. The van der Waals surface area contributed by atoms with Crippen LogP contribution in [0.3, 0.4) is 0 Å². The van der Waals surface area contributed by atoms with E-state index in [-0.39, 0.29) is 50.2 Å². The molecule has 0 heterocycles. The quantitative estimate of drug-likeness (QED) is 0.264. The minimum atomic E-state index is -0.936. The first-order valence-corrected chi connectivity index (χ1v) is 10.8. The molecule has 0 N–H and O–H groups in total. The Hall–Kier alpha value is -6.39. The van der Waals surface area contributed by atoms with E-state index in [2.05, 4.69) is 9.69 Å². The Kier molecular flexibility index (Phi) is 6.79. The minimum absolute atomic E-state index is 0.0169. The predicted octanol–water partition coefficient (Wildman–Crippen LogP) is 7.69. The van der Waals surface area contributed by atoms with E-state index in [0.29, 0.717) is 0 Å². The Balaban J connectivity index is 2.27. The van der Waals surface area contributed by atoms with Gasteiger partial charge in [0, 0.05) is 22.3 Å². The van der Waals surface area contributed by atoms with Crippen LogP contribution in [0.5, 0.6) is 0 Å². The van der Waals surface area contributed by atoms with E-state index in [4.69, 9.17) is 13.1 Å². The number of halogens is 3. The standard InChI is InChI=1S/C30H9F3N6/c1-38-26-8-7-24(32)22(15-37)29(26)20-10-18(27-16(12-34)3-5-23(31)21(27)14-36)9-19(11-20)28-17(13-35)4-6-25(33)30(28)39-2/h3-11H. The van der Waals surface area contributed by atoms with Gasteiger partial charge in [-0.2, -0.15) is 21.0 Å². The molecule has 180 valence electrons. The van der Waals surface area contributed by atoms with Crippen LogP contribution in [0.4, 0.5) is 24.5 Å². The van der Waals surface area contributed by atoms with Crippen molar-refractivity contribution in [3.8, 4) is 57.7 Å². The van der Waals surface area contributed by atoms with E-state index >= 15 is 0 Å². The van der Waals surface area contributed by atoms with Crippen LogP contribution in [-0.2, 0) is 0 Å². The first-order chi connectivity index (χ1) is 18.8. The summed E-state index contributed by atoms with van der Waals surface area (Å²) >= 11 is 0. The molecule has 0 aliphatic carbocycles. The van der Waals surface area contributed by atoms with Crippen LogP contribution in [0.25, 0.3) is 43.1 Å². The van der Waals surface area contributed by atoms with Crippen molar-refractivity contribution in [3.63, 3.8) is 0 Å². The number of rotatable bonds is 3. The maximum absolute atomic E-state index is 14.7. The molecular formula is C30H9F3N6. The van der Waals surface area contributed by atoms with Gasteiger partial charge in [-0.3, -0.25) is 0 Å². The number of nitriles is 4. The Morgan fingerprint density at radius 2 is 1.00 bits per heavy atom. The van der Waals surface area contributed by atoms with Crippen LogP contribution >= 0.6 is 0 Å². The molecule has 0 aliphatic heterocycles. The highest BCUT2D eigenvalue weighted by Crippen LogP contribution is 2.44. The molecule has 4 rings (SSSR count). The molecule has 0 bridgehead atoms. The molecule has 0 aliphatic rings. The first-order valence-electron chi connectivity index (χ1n) is 10.8. The summed E-state index contributed by atoms with van der Waals surface area (Å²) in [6, 6.07) is 17.5. The number of hydrogen-bond donors (Lipinski definition) is 0. The van der Waals surface area contributed by atoms with Crippen molar-refractivity contribution >= 4 is 11.4 Å². The lowest BCUT2D eigenvalue weighted by Crippen LogP contribution is -1.97. The van der Waals surface area contributed by atoms with Crippen molar-refractivity contribution in [1.29, 1.82) is 21.0 Å². The summed E-state index contributed by atoms with van der Waals surface area (Å²) in [6.45, 7) is 15.0. The Labute approximate surface area is 220 Å². The number of benzene rings is 4. The van der Waals surface area contributed by atoms with Gasteiger partial charge in [0.05, 0.1) is 42.0 Å². The van der Waals surface area contributed by atoms with Gasteiger partial charge in [-0.25, -0.2) is 22.9 Å². The smallest absolute Gasteiger partial charge is 0.231 e. The normalized spacial score (nSPS) is 9.77. The van der Waals surface area contributed by atoms with E-state index in [1.54, 1.807) is 12.1 Å². The highest BCUT2D eigenvalue weighted by atomic mass is 19.1. The molecule has 0 radical (unpaired) electrons. The van der Waals surface area contributed by atoms with Gasteiger partial charge in [-0.05, 0) is 65.2 Å².